The number of methoxy groups -OCH3 is 1. The summed E-state index contributed by atoms with van der Waals surface area (Å²) >= 11 is 7.83. The van der Waals surface area contributed by atoms with Crippen LogP contribution in [0.3, 0.4) is 0 Å². The van der Waals surface area contributed by atoms with Crippen LogP contribution in [-0.2, 0) is 0 Å². The van der Waals surface area contributed by atoms with Crippen molar-refractivity contribution in [1.82, 2.24) is 0 Å². The Bertz CT molecular complexity index is 357. The number of thioether (sulfide) groups is 1. The van der Waals surface area contributed by atoms with E-state index >= 15 is 0 Å². The average Bonchev–Trinajstić information content (AvgIpc) is 2.28. The third-order valence-corrected chi connectivity index (χ3v) is 3.65. The number of nitrogens with two attached hydrogens (primary N) is 1. The molecule has 2 nitrogen and oxygen atoms in total. The van der Waals surface area contributed by atoms with Gasteiger partial charge in [0.2, 0.25) is 0 Å². The molecule has 0 spiro atoms. The van der Waals surface area contributed by atoms with Crippen LogP contribution in [-0.4, -0.2) is 19.9 Å². The molecule has 1 rings (SSSR count). The molecule has 1 unspecified atom stereocenters. The molecule has 0 aliphatic rings. The lowest BCUT2D eigenvalue weighted by Gasteiger charge is -2.15. The van der Waals surface area contributed by atoms with E-state index in [1.54, 1.807) is 18.9 Å². The Hall–Kier alpha value is -0.380. The molecule has 2 N–H and O–H groups in total. The van der Waals surface area contributed by atoms with Gasteiger partial charge in [-0.25, -0.2) is 0 Å². The second-order valence-corrected chi connectivity index (χ2v) is 4.97. The third-order valence-electron chi connectivity index (χ3n) is 2.62. The first-order valence-corrected chi connectivity index (χ1v) is 6.85. The molecule has 1 aromatic rings. The zero-order chi connectivity index (χ0) is 12.1. The minimum Gasteiger partial charge on any atom is -0.494 e. The highest BCUT2D eigenvalue weighted by atomic mass is 35.5. The Morgan fingerprint density at radius 3 is 2.69 bits per heavy atom. The van der Waals surface area contributed by atoms with Gasteiger partial charge >= 0.3 is 0 Å². The molecule has 0 aliphatic carbocycles. The highest BCUT2D eigenvalue weighted by Gasteiger charge is 2.13. The zero-order valence-electron chi connectivity index (χ0n) is 9.92. The number of ether oxygens (including phenoxy) is 1. The Morgan fingerprint density at radius 1 is 1.50 bits per heavy atom. The van der Waals surface area contributed by atoms with Gasteiger partial charge in [-0.3, -0.25) is 0 Å². The molecular weight excluding hydrogens is 242 g/mol. The molecule has 0 saturated heterocycles. The van der Waals surface area contributed by atoms with E-state index in [4.69, 9.17) is 22.1 Å². The van der Waals surface area contributed by atoms with Crippen LogP contribution in [0.1, 0.15) is 24.8 Å². The van der Waals surface area contributed by atoms with Crippen molar-refractivity contribution in [1.29, 1.82) is 0 Å². The summed E-state index contributed by atoms with van der Waals surface area (Å²) in [6.07, 6.45) is 2.99. The van der Waals surface area contributed by atoms with E-state index in [0.717, 1.165) is 17.1 Å². The average molecular weight is 260 g/mol. The maximum Gasteiger partial charge on any atom is 0.150 e. The Balaban J connectivity index is 3.09. The first-order chi connectivity index (χ1) is 7.63. The van der Waals surface area contributed by atoms with Crippen molar-refractivity contribution in [2.45, 2.75) is 24.2 Å². The van der Waals surface area contributed by atoms with Crippen molar-refractivity contribution in [3.8, 4) is 5.75 Å². The summed E-state index contributed by atoms with van der Waals surface area (Å²) in [5.74, 6) is 1.19. The molecule has 4 heteroatoms. The number of halogens is 1. The molecule has 1 atom stereocenters. The number of hydrogen-bond donors (Lipinski definition) is 1. The molecule has 0 amide bonds. The lowest BCUT2D eigenvalue weighted by molar-refractivity contribution is 0.404. The van der Waals surface area contributed by atoms with Gasteiger partial charge in [0, 0.05) is 0 Å². The normalized spacial score (nSPS) is 12.6. The Labute approximate surface area is 107 Å². The summed E-state index contributed by atoms with van der Waals surface area (Å²) in [6.45, 7) is 2.86. The van der Waals surface area contributed by atoms with Gasteiger partial charge in [0.05, 0.1) is 17.0 Å². The summed E-state index contributed by atoms with van der Waals surface area (Å²) < 4.78 is 5.28. The second-order valence-electron chi connectivity index (χ2n) is 3.72. The van der Waals surface area contributed by atoms with Crippen LogP contribution in [0.15, 0.2) is 17.0 Å². The molecule has 0 radical (unpaired) electrons. The quantitative estimate of drug-likeness (QED) is 0.822. The molecule has 90 valence electrons. The fourth-order valence-corrected chi connectivity index (χ4v) is 2.63. The standard InChI is InChI=1S/C12H18ClNOS/c1-8(4-5-14)9-6-10(13)12(15-2)11(7-9)16-3/h6-8H,4-5,14H2,1-3H3. The van der Waals surface area contributed by atoms with Gasteiger partial charge in [-0.2, -0.15) is 0 Å². The molecule has 0 heterocycles. The van der Waals surface area contributed by atoms with Crippen molar-refractivity contribution < 1.29 is 4.74 Å². The second kappa shape index (κ2) is 6.38. The Morgan fingerprint density at radius 2 is 2.19 bits per heavy atom. The maximum atomic E-state index is 6.19. The fourth-order valence-electron chi connectivity index (χ4n) is 1.64. The predicted octanol–water partition coefficient (Wildman–Crippen LogP) is 3.52. The highest BCUT2D eigenvalue weighted by molar-refractivity contribution is 7.98. The topological polar surface area (TPSA) is 35.2 Å². The molecule has 0 saturated carbocycles. The van der Waals surface area contributed by atoms with Crippen LogP contribution in [0.4, 0.5) is 0 Å². The van der Waals surface area contributed by atoms with Gasteiger partial charge in [-0.1, -0.05) is 18.5 Å². The van der Waals surface area contributed by atoms with Gasteiger partial charge < -0.3 is 10.5 Å². The zero-order valence-corrected chi connectivity index (χ0v) is 11.5. The summed E-state index contributed by atoms with van der Waals surface area (Å²) in [5.41, 5.74) is 6.79. The minimum atomic E-state index is 0.430. The molecule has 0 bridgehead atoms. The summed E-state index contributed by atoms with van der Waals surface area (Å²) in [6, 6.07) is 4.11. The number of hydrogen-bond acceptors (Lipinski definition) is 3. The van der Waals surface area contributed by atoms with Crippen LogP contribution in [0.2, 0.25) is 5.02 Å². The van der Waals surface area contributed by atoms with Crippen LogP contribution < -0.4 is 10.5 Å². The lowest BCUT2D eigenvalue weighted by atomic mass is 9.98. The van der Waals surface area contributed by atoms with E-state index < -0.39 is 0 Å². The molecule has 1 aromatic carbocycles. The van der Waals surface area contributed by atoms with E-state index in [0.29, 0.717) is 17.5 Å². The summed E-state index contributed by atoms with van der Waals surface area (Å²) in [7, 11) is 1.64. The van der Waals surface area contributed by atoms with Gasteiger partial charge in [0.15, 0.2) is 5.75 Å². The molecular formula is C12H18ClNOS. The van der Waals surface area contributed by atoms with Gasteiger partial charge in [-0.05, 0) is 42.8 Å². The SMILES string of the molecule is COc1c(Cl)cc(C(C)CCN)cc1SC. The van der Waals surface area contributed by atoms with Crippen LogP contribution in [0.25, 0.3) is 0 Å². The van der Waals surface area contributed by atoms with Crippen LogP contribution >= 0.6 is 23.4 Å². The molecule has 0 aromatic heterocycles. The predicted molar refractivity (Wildman–Crippen MR) is 71.9 cm³/mol. The van der Waals surface area contributed by atoms with Crippen molar-refractivity contribution >= 4 is 23.4 Å². The van der Waals surface area contributed by atoms with E-state index in [1.807, 2.05) is 12.3 Å². The van der Waals surface area contributed by atoms with Crippen molar-refractivity contribution in [2.24, 2.45) is 5.73 Å². The molecule has 16 heavy (non-hydrogen) atoms. The number of rotatable bonds is 5. The Kier molecular flexibility index (Phi) is 5.46. The van der Waals surface area contributed by atoms with Crippen molar-refractivity contribution in [3.63, 3.8) is 0 Å². The van der Waals surface area contributed by atoms with E-state index in [9.17, 15) is 0 Å². The third kappa shape index (κ3) is 3.06. The van der Waals surface area contributed by atoms with Gasteiger partial charge in [0.25, 0.3) is 0 Å². The van der Waals surface area contributed by atoms with Crippen molar-refractivity contribution in [2.75, 3.05) is 19.9 Å². The monoisotopic (exact) mass is 259 g/mol. The summed E-state index contributed by atoms with van der Waals surface area (Å²) in [5, 5.41) is 0.674. The summed E-state index contributed by atoms with van der Waals surface area (Å²) in [4.78, 5) is 1.08. The van der Waals surface area contributed by atoms with E-state index in [2.05, 4.69) is 13.0 Å². The molecule has 0 fully saturated rings. The maximum absolute atomic E-state index is 6.19. The van der Waals surface area contributed by atoms with E-state index in [1.165, 1.54) is 5.56 Å². The highest BCUT2D eigenvalue weighted by Crippen LogP contribution is 2.38. The lowest BCUT2D eigenvalue weighted by Crippen LogP contribution is -2.05. The number of benzene rings is 1. The van der Waals surface area contributed by atoms with Crippen LogP contribution in [0, 0.1) is 0 Å². The van der Waals surface area contributed by atoms with Crippen molar-refractivity contribution in [3.05, 3.63) is 22.7 Å². The van der Waals surface area contributed by atoms with Gasteiger partial charge in [-0.15, -0.1) is 11.8 Å². The first-order valence-electron chi connectivity index (χ1n) is 5.25. The largest absolute Gasteiger partial charge is 0.494 e. The van der Waals surface area contributed by atoms with Gasteiger partial charge in [0.1, 0.15) is 0 Å². The minimum absolute atomic E-state index is 0.430. The smallest absolute Gasteiger partial charge is 0.150 e. The van der Waals surface area contributed by atoms with E-state index in [-0.39, 0.29) is 0 Å². The molecule has 0 aliphatic heterocycles. The van der Waals surface area contributed by atoms with Crippen LogP contribution in [0.5, 0.6) is 5.75 Å². The fraction of sp³-hybridized carbons (Fsp3) is 0.500. The first kappa shape index (κ1) is 13.7.